The largest absolute Gasteiger partial charge is 0.380 e. The van der Waals surface area contributed by atoms with Crippen LogP contribution in [0.5, 0.6) is 0 Å². The zero-order chi connectivity index (χ0) is 14.4. The monoisotopic (exact) mass is 272 g/mol. The Morgan fingerprint density at radius 1 is 1.10 bits per heavy atom. The number of nitrogens with zero attached hydrogens (tertiary/aromatic N) is 1. The van der Waals surface area contributed by atoms with E-state index in [1.165, 1.54) is 6.07 Å². The average Bonchev–Trinajstić information content (AvgIpc) is 2.47. The smallest absolute Gasteiger partial charge is 0.274 e. The number of para-hydroxylation sites is 2. The summed E-state index contributed by atoms with van der Waals surface area (Å²) in [4.78, 5) is 10.6. The van der Waals surface area contributed by atoms with Crippen molar-refractivity contribution in [2.24, 2.45) is 0 Å². The van der Waals surface area contributed by atoms with Crippen molar-refractivity contribution in [3.63, 3.8) is 0 Å². The van der Waals surface area contributed by atoms with E-state index >= 15 is 0 Å². The van der Waals surface area contributed by atoms with E-state index in [4.69, 9.17) is 4.74 Å². The van der Waals surface area contributed by atoms with Gasteiger partial charge in [0.25, 0.3) is 5.69 Å². The highest BCUT2D eigenvalue weighted by molar-refractivity contribution is 5.52. The molecule has 2 aromatic carbocycles. The summed E-state index contributed by atoms with van der Waals surface area (Å²) in [5.41, 5.74) is 2.73. The number of hydrogen-bond acceptors (Lipinski definition) is 4. The van der Waals surface area contributed by atoms with Crippen LogP contribution in [-0.2, 0) is 17.9 Å². The van der Waals surface area contributed by atoms with Gasteiger partial charge in [-0.05, 0) is 6.07 Å². The zero-order valence-corrected chi connectivity index (χ0v) is 11.2. The molecule has 5 heteroatoms. The molecule has 0 saturated heterocycles. The lowest BCUT2D eigenvalue weighted by Gasteiger charge is -2.11. The van der Waals surface area contributed by atoms with Crippen LogP contribution < -0.4 is 5.32 Å². The molecule has 1 N–H and O–H groups in total. The van der Waals surface area contributed by atoms with E-state index in [0.29, 0.717) is 18.7 Å². The third-order valence-electron chi connectivity index (χ3n) is 2.97. The van der Waals surface area contributed by atoms with Gasteiger partial charge in [-0.2, -0.15) is 0 Å². The van der Waals surface area contributed by atoms with Gasteiger partial charge in [-0.15, -0.1) is 0 Å². The molecule has 0 atom stereocenters. The fourth-order valence-electron chi connectivity index (χ4n) is 2.00. The highest BCUT2D eigenvalue weighted by Crippen LogP contribution is 2.21. The topological polar surface area (TPSA) is 64.4 Å². The maximum Gasteiger partial charge on any atom is 0.274 e. The minimum atomic E-state index is -0.363. The first-order valence-corrected chi connectivity index (χ1v) is 6.25. The van der Waals surface area contributed by atoms with E-state index in [1.54, 1.807) is 25.3 Å². The summed E-state index contributed by atoms with van der Waals surface area (Å²) in [5.74, 6) is 0. The van der Waals surface area contributed by atoms with Gasteiger partial charge < -0.3 is 10.1 Å². The van der Waals surface area contributed by atoms with Crippen LogP contribution in [0.4, 0.5) is 11.4 Å². The number of nitrogens with one attached hydrogen (secondary N) is 1. The van der Waals surface area contributed by atoms with Crippen LogP contribution in [0.2, 0.25) is 0 Å². The molecule has 0 aliphatic rings. The van der Waals surface area contributed by atoms with Gasteiger partial charge in [-0.3, -0.25) is 10.1 Å². The predicted molar refractivity (Wildman–Crippen MR) is 77.6 cm³/mol. The minimum absolute atomic E-state index is 0.129. The molecule has 2 rings (SSSR count). The number of anilines is 1. The van der Waals surface area contributed by atoms with Gasteiger partial charge in [0.15, 0.2) is 0 Å². The quantitative estimate of drug-likeness (QED) is 0.647. The molecule has 20 heavy (non-hydrogen) atoms. The molecule has 5 nitrogen and oxygen atoms in total. The van der Waals surface area contributed by atoms with Gasteiger partial charge in [0, 0.05) is 36.5 Å². The molecule has 0 radical (unpaired) electrons. The Morgan fingerprint density at radius 3 is 2.45 bits per heavy atom. The van der Waals surface area contributed by atoms with Gasteiger partial charge in [-0.1, -0.05) is 36.4 Å². The minimum Gasteiger partial charge on any atom is -0.380 e. The molecular formula is C15H16N2O3. The lowest BCUT2D eigenvalue weighted by atomic mass is 10.1. The average molecular weight is 272 g/mol. The van der Waals surface area contributed by atoms with E-state index in [9.17, 15) is 10.1 Å². The van der Waals surface area contributed by atoms with Crippen LogP contribution in [0, 0.1) is 10.1 Å². The third kappa shape index (κ3) is 3.33. The number of nitro benzene ring substituents is 1. The molecule has 0 bridgehead atoms. The van der Waals surface area contributed by atoms with Crippen LogP contribution >= 0.6 is 0 Å². The van der Waals surface area contributed by atoms with Crippen LogP contribution in [0.3, 0.4) is 0 Å². The SMILES string of the molecule is COCc1ccccc1NCc1ccccc1[N+](=O)[O-]. The maximum atomic E-state index is 11.0. The summed E-state index contributed by atoms with van der Waals surface area (Å²) >= 11 is 0. The van der Waals surface area contributed by atoms with Crippen molar-refractivity contribution in [3.05, 3.63) is 69.8 Å². The van der Waals surface area contributed by atoms with Crippen molar-refractivity contribution in [2.45, 2.75) is 13.2 Å². The Kier molecular flexibility index (Phi) is 4.68. The molecule has 0 unspecified atom stereocenters. The van der Waals surface area contributed by atoms with E-state index in [1.807, 2.05) is 24.3 Å². The highest BCUT2D eigenvalue weighted by atomic mass is 16.6. The van der Waals surface area contributed by atoms with Gasteiger partial charge in [0.05, 0.1) is 11.5 Å². The molecule has 0 aromatic heterocycles. The molecule has 0 heterocycles. The molecule has 0 aliphatic carbocycles. The molecule has 2 aromatic rings. The number of hydrogen-bond donors (Lipinski definition) is 1. The first-order valence-electron chi connectivity index (χ1n) is 6.25. The molecule has 104 valence electrons. The predicted octanol–water partition coefficient (Wildman–Crippen LogP) is 3.35. The normalized spacial score (nSPS) is 10.2. The standard InChI is InChI=1S/C15H16N2O3/c1-20-11-13-7-2-4-8-14(13)16-10-12-6-3-5-9-15(12)17(18)19/h2-9,16H,10-11H2,1H3. The van der Waals surface area contributed by atoms with Crippen molar-refractivity contribution in [3.8, 4) is 0 Å². The van der Waals surface area contributed by atoms with Crippen molar-refractivity contribution >= 4 is 11.4 Å². The second-order valence-electron chi connectivity index (χ2n) is 4.33. The first kappa shape index (κ1) is 14.0. The Balaban J connectivity index is 2.15. The molecule has 0 aliphatic heterocycles. The van der Waals surface area contributed by atoms with Gasteiger partial charge in [0.1, 0.15) is 0 Å². The van der Waals surface area contributed by atoms with E-state index in [2.05, 4.69) is 5.32 Å². The van der Waals surface area contributed by atoms with Gasteiger partial charge in [-0.25, -0.2) is 0 Å². The zero-order valence-electron chi connectivity index (χ0n) is 11.2. The van der Waals surface area contributed by atoms with E-state index in [0.717, 1.165) is 11.3 Å². The summed E-state index contributed by atoms with van der Waals surface area (Å²) in [6, 6.07) is 14.5. The summed E-state index contributed by atoms with van der Waals surface area (Å²) in [6.07, 6.45) is 0. The number of rotatable bonds is 6. The van der Waals surface area contributed by atoms with Crippen LogP contribution in [0.15, 0.2) is 48.5 Å². The molecular weight excluding hydrogens is 256 g/mol. The number of methoxy groups -OCH3 is 1. The molecule has 0 fully saturated rings. The lowest BCUT2D eigenvalue weighted by Crippen LogP contribution is -2.05. The Morgan fingerprint density at radius 2 is 1.75 bits per heavy atom. The Hall–Kier alpha value is -2.40. The Labute approximate surface area is 117 Å². The first-order chi connectivity index (χ1) is 9.72. The number of benzene rings is 2. The van der Waals surface area contributed by atoms with E-state index in [-0.39, 0.29) is 10.6 Å². The third-order valence-corrected chi connectivity index (χ3v) is 2.97. The summed E-state index contributed by atoms with van der Waals surface area (Å²) in [5, 5.41) is 14.2. The van der Waals surface area contributed by atoms with Gasteiger partial charge in [0.2, 0.25) is 0 Å². The fraction of sp³-hybridized carbons (Fsp3) is 0.200. The lowest BCUT2D eigenvalue weighted by molar-refractivity contribution is -0.385. The van der Waals surface area contributed by atoms with Crippen molar-refractivity contribution in [1.82, 2.24) is 0 Å². The molecule has 0 saturated carbocycles. The van der Waals surface area contributed by atoms with Crippen LogP contribution in [0.1, 0.15) is 11.1 Å². The second-order valence-corrected chi connectivity index (χ2v) is 4.33. The summed E-state index contributed by atoms with van der Waals surface area (Å²) in [6.45, 7) is 0.901. The number of ether oxygens (including phenoxy) is 1. The summed E-state index contributed by atoms with van der Waals surface area (Å²) < 4.78 is 5.13. The van der Waals surface area contributed by atoms with E-state index < -0.39 is 0 Å². The van der Waals surface area contributed by atoms with Crippen molar-refractivity contribution in [1.29, 1.82) is 0 Å². The van der Waals surface area contributed by atoms with Crippen molar-refractivity contribution in [2.75, 3.05) is 12.4 Å². The molecule has 0 spiro atoms. The van der Waals surface area contributed by atoms with Crippen LogP contribution in [0.25, 0.3) is 0 Å². The fourth-order valence-corrected chi connectivity index (χ4v) is 2.00. The highest BCUT2D eigenvalue weighted by Gasteiger charge is 2.12. The van der Waals surface area contributed by atoms with Gasteiger partial charge >= 0.3 is 0 Å². The maximum absolute atomic E-state index is 11.0. The second kappa shape index (κ2) is 6.68. The summed E-state index contributed by atoms with van der Waals surface area (Å²) in [7, 11) is 1.64. The number of nitro groups is 1. The molecule has 0 amide bonds. The van der Waals surface area contributed by atoms with Crippen LogP contribution in [-0.4, -0.2) is 12.0 Å². The van der Waals surface area contributed by atoms with Crippen molar-refractivity contribution < 1.29 is 9.66 Å². The Bertz CT molecular complexity index is 599.